The van der Waals surface area contributed by atoms with Crippen LogP contribution < -0.4 is 0 Å². The minimum Gasteiger partial charge on any atom is -0.225 e. The molecule has 1 aromatic heterocycles. The van der Waals surface area contributed by atoms with Crippen LogP contribution in [0.5, 0.6) is 0 Å². The Morgan fingerprint density at radius 1 is 1.09 bits per heavy atom. The molecular weight excluding hydrogens is 355 g/mol. The summed E-state index contributed by atoms with van der Waals surface area (Å²) in [6.45, 7) is 5.71. The van der Waals surface area contributed by atoms with Gasteiger partial charge in [-0.25, -0.2) is 18.4 Å². The molecule has 0 N–H and O–H groups in total. The normalized spacial score (nSPS) is 12.4. The van der Waals surface area contributed by atoms with E-state index in [1.54, 1.807) is 24.3 Å². The largest absolute Gasteiger partial charge is 0.225 e. The maximum absolute atomic E-state index is 12.4. The van der Waals surface area contributed by atoms with Crippen molar-refractivity contribution < 1.29 is 8.42 Å². The van der Waals surface area contributed by atoms with Crippen LogP contribution in [0, 0.1) is 5.41 Å². The average Bonchev–Trinajstić information content (AvgIpc) is 2.41. The Balaban J connectivity index is 2.21. The lowest BCUT2D eigenvalue weighted by Gasteiger charge is -2.18. The summed E-state index contributed by atoms with van der Waals surface area (Å²) in [6, 6.07) is 6.77. The number of rotatable bonds is 4. The number of aromatic nitrogens is 2. The number of nitrogens with zero attached hydrogens (tertiary/aromatic N) is 2. The molecule has 0 aliphatic carbocycles. The van der Waals surface area contributed by atoms with E-state index in [9.17, 15) is 8.42 Å². The van der Waals surface area contributed by atoms with Gasteiger partial charge in [0.05, 0.1) is 27.6 Å². The molecule has 2 rings (SSSR count). The summed E-state index contributed by atoms with van der Waals surface area (Å²) in [5.41, 5.74) is 1.22. The van der Waals surface area contributed by atoms with E-state index >= 15 is 0 Å². The molecule has 0 spiro atoms. The first-order valence-corrected chi connectivity index (χ1v) is 9.46. The van der Waals surface area contributed by atoms with E-state index in [1.807, 2.05) is 20.8 Å². The van der Waals surface area contributed by atoms with E-state index in [0.717, 1.165) is 5.56 Å². The van der Waals surface area contributed by atoms with Crippen molar-refractivity contribution in [2.75, 3.05) is 5.75 Å². The summed E-state index contributed by atoms with van der Waals surface area (Å²) in [6.07, 6.45) is 1.91. The Labute approximate surface area is 146 Å². The smallest absolute Gasteiger partial charge is 0.222 e. The lowest BCUT2D eigenvalue weighted by Crippen LogP contribution is -2.20. The molecule has 23 heavy (non-hydrogen) atoms. The van der Waals surface area contributed by atoms with Crippen molar-refractivity contribution in [3.8, 4) is 0 Å². The van der Waals surface area contributed by atoms with Gasteiger partial charge in [0.25, 0.3) is 0 Å². The second-order valence-corrected chi connectivity index (χ2v) is 9.31. The van der Waals surface area contributed by atoms with Crippen molar-refractivity contribution in [3.05, 3.63) is 52.0 Å². The predicted octanol–water partition coefficient (Wildman–Crippen LogP) is 4.19. The first-order valence-electron chi connectivity index (χ1n) is 7.05. The minimum absolute atomic E-state index is 0.104. The maximum atomic E-state index is 12.4. The van der Waals surface area contributed by atoms with Gasteiger partial charge in [0.2, 0.25) is 5.28 Å². The van der Waals surface area contributed by atoms with E-state index in [2.05, 4.69) is 9.97 Å². The molecule has 0 radical (unpaired) electrons. The standard InChI is InChI=1S/C16H18Cl2N2O2S/c1-16(2,3)10-23(21,22)12-6-4-11(5-7-12)8-14-13(17)9-19-15(18)20-14/h4-7,9H,8,10H2,1-3H3. The Kier molecular flexibility index (Phi) is 5.33. The van der Waals surface area contributed by atoms with Gasteiger partial charge in [0.1, 0.15) is 0 Å². The highest BCUT2D eigenvalue weighted by Crippen LogP contribution is 2.23. The molecule has 0 saturated carbocycles. The lowest BCUT2D eigenvalue weighted by atomic mass is 10.0. The molecule has 0 fully saturated rings. The van der Waals surface area contributed by atoms with Crippen LogP contribution in [0.2, 0.25) is 10.3 Å². The van der Waals surface area contributed by atoms with Crippen LogP contribution in [-0.2, 0) is 16.3 Å². The van der Waals surface area contributed by atoms with Crippen LogP contribution in [0.4, 0.5) is 0 Å². The van der Waals surface area contributed by atoms with E-state index in [0.29, 0.717) is 22.0 Å². The zero-order chi connectivity index (χ0) is 17.3. The van der Waals surface area contributed by atoms with Crippen molar-refractivity contribution in [1.82, 2.24) is 9.97 Å². The molecular formula is C16H18Cl2N2O2S. The monoisotopic (exact) mass is 372 g/mol. The summed E-state index contributed by atoms with van der Waals surface area (Å²) >= 11 is 11.8. The Morgan fingerprint density at radius 3 is 2.26 bits per heavy atom. The fourth-order valence-electron chi connectivity index (χ4n) is 2.16. The quantitative estimate of drug-likeness (QED) is 0.754. The number of halogens is 2. The fraction of sp³-hybridized carbons (Fsp3) is 0.375. The predicted molar refractivity (Wildman–Crippen MR) is 92.8 cm³/mol. The van der Waals surface area contributed by atoms with Crippen LogP contribution in [0.25, 0.3) is 0 Å². The molecule has 124 valence electrons. The molecule has 0 atom stereocenters. The van der Waals surface area contributed by atoms with Crippen LogP contribution >= 0.6 is 23.2 Å². The van der Waals surface area contributed by atoms with Crippen molar-refractivity contribution in [1.29, 1.82) is 0 Å². The second-order valence-electron chi connectivity index (χ2n) is 6.57. The number of hydrogen-bond donors (Lipinski definition) is 0. The molecule has 0 saturated heterocycles. The maximum Gasteiger partial charge on any atom is 0.222 e. The Hall–Kier alpha value is -1.17. The van der Waals surface area contributed by atoms with Crippen molar-refractivity contribution in [2.24, 2.45) is 5.41 Å². The van der Waals surface area contributed by atoms with Crippen LogP contribution in [-0.4, -0.2) is 24.1 Å². The summed E-state index contributed by atoms with van der Waals surface area (Å²) in [4.78, 5) is 8.22. The third-order valence-corrected chi connectivity index (χ3v) is 5.80. The van der Waals surface area contributed by atoms with Crippen LogP contribution in [0.3, 0.4) is 0 Å². The van der Waals surface area contributed by atoms with Crippen molar-refractivity contribution in [3.63, 3.8) is 0 Å². The van der Waals surface area contributed by atoms with E-state index in [1.165, 1.54) is 6.20 Å². The average molecular weight is 373 g/mol. The SMILES string of the molecule is CC(C)(C)CS(=O)(=O)c1ccc(Cc2nc(Cl)ncc2Cl)cc1. The van der Waals surface area contributed by atoms with E-state index < -0.39 is 9.84 Å². The Morgan fingerprint density at radius 2 is 1.70 bits per heavy atom. The molecule has 1 aromatic carbocycles. The first-order chi connectivity index (χ1) is 10.6. The van der Waals surface area contributed by atoms with Crippen molar-refractivity contribution >= 4 is 33.0 Å². The van der Waals surface area contributed by atoms with Gasteiger partial charge in [0.15, 0.2) is 9.84 Å². The third kappa shape index (κ3) is 5.16. The van der Waals surface area contributed by atoms with Crippen molar-refractivity contribution in [2.45, 2.75) is 32.1 Å². The highest BCUT2D eigenvalue weighted by molar-refractivity contribution is 7.91. The second kappa shape index (κ2) is 6.75. The lowest BCUT2D eigenvalue weighted by molar-refractivity contribution is 0.461. The molecule has 4 nitrogen and oxygen atoms in total. The van der Waals surface area contributed by atoms with Gasteiger partial charge in [-0.05, 0) is 34.7 Å². The molecule has 1 heterocycles. The summed E-state index contributed by atoms with van der Waals surface area (Å²) < 4.78 is 24.7. The molecule has 0 aliphatic heterocycles. The molecule has 0 bridgehead atoms. The number of hydrogen-bond acceptors (Lipinski definition) is 4. The van der Waals surface area contributed by atoms with Gasteiger partial charge < -0.3 is 0 Å². The summed E-state index contributed by atoms with van der Waals surface area (Å²) in [5.74, 6) is 0.104. The first kappa shape index (κ1) is 18.2. The molecule has 7 heteroatoms. The fourth-order valence-corrected chi connectivity index (χ4v) is 4.33. The number of benzene rings is 1. The molecule has 0 unspecified atom stereocenters. The van der Waals surface area contributed by atoms with E-state index in [-0.39, 0.29) is 16.5 Å². The molecule has 0 aliphatic rings. The van der Waals surface area contributed by atoms with Gasteiger partial charge in [-0.1, -0.05) is 44.5 Å². The van der Waals surface area contributed by atoms with Crippen LogP contribution in [0.1, 0.15) is 32.0 Å². The van der Waals surface area contributed by atoms with E-state index in [4.69, 9.17) is 23.2 Å². The number of sulfone groups is 1. The van der Waals surface area contributed by atoms with Gasteiger partial charge in [-0.2, -0.15) is 0 Å². The zero-order valence-corrected chi connectivity index (χ0v) is 15.5. The summed E-state index contributed by atoms with van der Waals surface area (Å²) in [5, 5.41) is 0.563. The molecule has 2 aromatic rings. The third-order valence-electron chi connectivity index (χ3n) is 3.06. The summed E-state index contributed by atoms with van der Waals surface area (Å²) in [7, 11) is -3.30. The van der Waals surface area contributed by atoms with Crippen LogP contribution in [0.15, 0.2) is 35.4 Å². The van der Waals surface area contributed by atoms with Gasteiger partial charge >= 0.3 is 0 Å². The van der Waals surface area contributed by atoms with Gasteiger partial charge in [-0.3, -0.25) is 0 Å². The van der Waals surface area contributed by atoms with Gasteiger partial charge in [-0.15, -0.1) is 0 Å². The highest BCUT2D eigenvalue weighted by atomic mass is 35.5. The Bertz CT molecular complexity index is 798. The highest BCUT2D eigenvalue weighted by Gasteiger charge is 2.23. The van der Waals surface area contributed by atoms with Gasteiger partial charge in [0, 0.05) is 6.42 Å². The topological polar surface area (TPSA) is 59.9 Å². The zero-order valence-electron chi connectivity index (χ0n) is 13.2. The molecule has 0 amide bonds. The minimum atomic E-state index is -3.30.